The average Bonchev–Trinajstić information content (AvgIpc) is 3.54. The molecule has 0 unspecified atom stereocenters. The Kier molecular flexibility index (Phi) is 6.79. The lowest BCUT2D eigenvalue weighted by Crippen LogP contribution is -2.29. The van der Waals surface area contributed by atoms with Gasteiger partial charge in [-0.3, -0.25) is 19.3 Å². The molecule has 1 amide bonds. The Hall–Kier alpha value is -3.98. The minimum atomic E-state index is -0.964. The number of amides is 1. The van der Waals surface area contributed by atoms with Crippen molar-refractivity contribution in [2.75, 3.05) is 11.5 Å². The fourth-order valence-corrected chi connectivity index (χ4v) is 5.87. The summed E-state index contributed by atoms with van der Waals surface area (Å²) in [6.07, 6.45) is 1.51. The van der Waals surface area contributed by atoms with E-state index in [1.165, 1.54) is 11.8 Å². The van der Waals surface area contributed by atoms with Crippen LogP contribution in [0.1, 0.15) is 65.3 Å². The topological polar surface area (TPSA) is 106 Å². The molecule has 2 aliphatic heterocycles. The monoisotopic (exact) mass is 532 g/mol. The third-order valence-corrected chi connectivity index (χ3v) is 7.83. The Labute approximate surface area is 224 Å². The normalized spacial score (nSPS) is 19.9. The first kappa shape index (κ1) is 25.7. The maximum absolute atomic E-state index is 13.5. The van der Waals surface area contributed by atoms with E-state index in [0.29, 0.717) is 40.5 Å². The third-order valence-electron chi connectivity index (χ3n) is 6.57. The quantitative estimate of drug-likeness (QED) is 0.188. The zero-order chi connectivity index (χ0) is 27.1. The van der Waals surface area contributed by atoms with Gasteiger partial charge in [0.15, 0.2) is 10.9 Å². The molecule has 5 rings (SSSR count). The molecule has 2 atom stereocenters. The number of aliphatic hydroxyl groups excluding tert-OH is 1. The van der Waals surface area contributed by atoms with E-state index in [1.807, 2.05) is 13.8 Å². The van der Waals surface area contributed by atoms with Crippen LogP contribution in [-0.4, -0.2) is 40.3 Å². The second-order valence-electron chi connectivity index (χ2n) is 9.51. The van der Waals surface area contributed by atoms with E-state index in [9.17, 15) is 19.5 Å². The van der Waals surface area contributed by atoms with Crippen LogP contribution in [0.15, 0.2) is 48.0 Å². The van der Waals surface area contributed by atoms with Gasteiger partial charge in [-0.2, -0.15) is 0 Å². The highest BCUT2D eigenvalue weighted by Crippen LogP contribution is 2.45. The maximum atomic E-state index is 13.5. The van der Waals surface area contributed by atoms with Crippen molar-refractivity contribution in [3.05, 3.63) is 75.3 Å². The van der Waals surface area contributed by atoms with E-state index < -0.39 is 17.7 Å². The van der Waals surface area contributed by atoms with Crippen molar-refractivity contribution >= 4 is 39.7 Å². The number of nitrogens with zero attached hydrogens (tertiary/aromatic N) is 2. The molecule has 2 aromatic carbocycles. The van der Waals surface area contributed by atoms with Crippen LogP contribution >= 0.6 is 11.3 Å². The highest BCUT2D eigenvalue weighted by Gasteiger charge is 2.48. The third kappa shape index (κ3) is 4.47. The number of ketones is 2. The smallest absolute Gasteiger partial charge is 0.301 e. The van der Waals surface area contributed by atoms with Crippen LogP contribution in [0.25, 0.3) is 5.76 Å². The van der Waals surface area contributed by atoms with Crippen molar-refractivity contribution in [2.24, 2.45) is 0 Å². The molecule has 3 aromatic rings. The molecule has 0 bridgehead atoms. The summed E-state index contributed by atoms with van der Waals surface area (Å²) >= 11 is 1.05. The molecule has 1 N–H and O–H groups in total. The largest absolute Gasteiger partial charge is 0.507 e. The zero-order valence-corrected chi connectivity index (χ0v) is 22.4. The maximum Gasteiger partial charge on any atom is 0.301 e. The average molecular weight is 533 g/mol. The van der Waals surface area contributed by atoms with Crippen LogP contribution < -0.4 is 14.4 Å². The number of rotatable bonds is 7. The van der Waals surface area contributed by atoms with Gasteiger partial charge < -0.3 is 14.6 Å². The number of carbonyl (C=O) groups excluding carboxylic acids is 3. The second kappa shape index (κ2) is 10.1. The number of anilines is 1. The second-order valence-corrected chi connectivity index (χ2v) is 10.5. The summed E-state index contributed by atoms with van der Waals surface area (Å²) in [7, 11) is 0. The van der Waals surface area contributed by atoms with E-state index >= 15 is 0 Å². The minimum absolute atomic E-state index is 0.0162. The molecule has 8 nitrogen and oxygen atoms in total. The van der Waals surface area contributed by atoms with Gasteiger partial charge in [-0.25, -0.2) is 4.98 Å². The lowest BCUT2D eigenvalue weighted by molar-refractivity contribution is -0.132. The molecule has 3 heterocycles. The first-order valence-corrected chi connectivity index (χ1v) is 13.3. The summed E-state index contributed by atoms with van der Waals surface area (Å²) < 4.78 is 11.6. The van der Waals surface area contributed by atoms with Crippen molar-refractivity contribution in [3.63, 3.8) is 0 Å². The number of ether oxygens (including phenoxy) is 2. The van der Waals surface area contributed by atoms with Gasteiger partial charge in [0.2, 0.25) is 0 Å². The van der Waals surface area contributed by atoms with Gasteiger partial charge in [-0.1, -0.05) is 30.4 Å². The highest BCUT2D eigenvalue weighted by molar-refractivity contribution is 7.18. The summed E-state index contributed by atoms with van der Waals surface area (Å²) in [5.74, 6) is -0.782. The first-order valence-electron chi connectivity index (χ1n) is 12.5. The highest BCUT2D eigenvalue weighted by atomic mass is 32.1. The fourth-order valence-electron chi connectivity index (χ4n) is 4.88. The van der Waals surface area contributed by atoms with Gasteiger partial charge in [-0.05, 0) is 61.7 Å². The van der Waals surface area contributed by atoms with E-state index in [-0.39, 0.29) is 28.4 Å². The molecule has 0 saturated carbocycles. The molecular formula is C29H28N2O6S. The van der Waals surface area contributed by atoms with Crippen molar-refractivity contribution in [1.82, 2.24) is 4.98 Å². The number of benzene rings is 2. The lowest BCUT2D eigenvalue weighted by Gasteiger charge is -2.23. The van der Waals surface area contributed by atoms with Crippen LogP contribution in [0.5, 0.6) is 11.5 Å². The molecule has 0 radical (unpaired) electrons. The summed E-state index contributed by atoms with van der Waals surface area (Å²) in [5, 5.41) is 11.7. The van der Waals surface area contributed by atoms with E-state index in [4.69, 9.17) is 9.47 Å². The number of hydrogen-bond acceptors (Lipinski definition) is 8. The number of aliphatic hydroxyl groups is 1. The summed E-state index contributed by atoms with van der Waals surface area (Å²) in [5.41, 5.74) is 2.35. The Morgan fingerprint density at radius 3 is 2.74 bits per heavy atom. The van der Waals surface area contributed by atoms with Crippen molar-refractivity contribution in [3.8, 4) is 11.5 Å². The predicted octanol–water partition coefficient (Wildman–Crippen LogP) is 5.39. The summed E-state index contributed by atoms with van der Waals surface area (Å²) in [4.78, 5) is 45.3. The Balaban J connectivity index is 1.68. The molecule has 9 heteroatoms. The fraction of sp³-hybridized carbons (Fsp3) is 0.310. The molecular weight excluding hydrogens is 504 g/mol. The van der Waals surface area contributed by atoms with Crippen LogP contribution in [0.2, 0.25) is 0 Å². The molecule has 1 saturated heterocycles. The number of hydrogen-bond donors (Lipinski definition) is 1. The molecule has 1 fully saturated rings. The van der Waals surface area contributed by atoms with Gasteiger partial charge in [0.25, 0.3) is 5.78 Å². The molecule has 1 aromatic heterocycles. The van der Waals surface area contributed by atoms with Gasteiger partial charge in [0.1, 0.15) is 23.4 Å². The molecule has 0 spiro atoms. The van der Waals surface area contributed by atoms with Gasteiger partial charge in [0, 0.05) is 18.9 Å². The Morgan fingerprint density at radius 2 is 2.03 bits per heavy atom. The molecule has 196 valence electrons. The van der Waals surface area contributed by atoms with E-state index in [1.54, 1.807) is 49.4 Å². The SMILES string of the molecule is CCCOc1cccc([C@H]2C(=C(O)c3ccc4c(c3)C[C@H](C)O4)C(=O)C(=O)N2c2nc(C)c(C(C)=O)s2)c1. The van der Waals surface area contributed by atoms with Crippen molar-refractivity contribution in [1.29, 1.82) is 0 Å². The van der Waals surface area contributed by atoms with Crippen LogP contribution in [-0.2, 0) is 16.0 Å². The number of carbonyl (C=O) groups is 3. The number of thiazole rings is 1. The molecule has 0 aliphatic carbocycles. The van der Waals surface area contributed by atoms with E-state index in [0.717, 1.165) is 29.1 Å². The van der Waals surface area contributed by atoms with Crippen molar-refractivity contribution in [2.45, 2.75) is 52.7 Å². The number of aryl methyl sites for hydroxylation is 1. The van der Waals surface area contributed by atoms with Crippen LogP contribution in [0.4, 0.5) is 5.13 Å². The number of Topliss-reactive ketones (excluding diaryl/α,β-unsaturated/α-hetero) is 2. The molecule has 2 aliphatic rings. The standard InChI is InChI=1S/C29H28N2O6S/c1-5-11-36-21-8-6-7-18(14-21)24-23(25(33)19-9-10-22-20(13-19)12-15(2)37-22)26(34)28(35)31(24)29-30-16(3)27(38-29)17(4)32/h6-10,13-15,24,33H,5,11-12H2,1-4H3/t15-,24-/m0/s1. The van der Waals surface area contributed by atoms with Gasteiger partial charge in [0.05, 0.1) is 28.8 Å². The zero-order valence-electron chi connectivity index (χ0n) is 21.6. The summed E-state index contributed by atoms with van der Waals surface area (Å²) in [6.45, 7) is 7.59. The molecule has 38 heavy (non-hydrogen) atoms. The van der Waals surface area contributed by atoms with Gasteiger partial charge in [-0.15, -0.1) is 0 Å². The number of fused-ring (bicyclic) bond motifs is 1. The number of aromatic nitrogens is 1. The summed E-state index contributed by atoms with van der Waals surface area (Å²) in [6, 6.07) is 11.4. The Morgan fingerprint density at radius 1 is 1.24 bits per heavy atom. The first-order chi connectivity index (χ1) is 18.2. The predicted molar refractivity (Wildman–Crippen MR) is 144 cm³/mol. The van der Waals surface area contributed by atoms with Crippen LogP contribution in [0, 0.1) is 6.92 Å². The lowest BCUT2D eigenvalue weighted by atomic mass is 9.94. The Bertz CT molecular complexity index is 1490. The van der Waals surface area contributed by atoms with E-state index in [2.05, 4.69) is 4.98 Å². The van der Waals surface area contributed by atoms with Gasteiger partial charge >= 0.3 is 5.91 Å². The van der Waals surface area contributed by atoms with Crippen molar-refractivity contribution < 1.29 is 29.0 Å². The van der Waals surface area contributed by atoms with Crippen LogP contribution in [0.3, 0.4) is 0 Å². The minimum Gasteiger partial charge on any atom is -0.507 e.